The zero-order valence-corrected chi connectivity index (χ0v) is 16.0. The standard InChI is InChI=1S/C17H24F3N3O3S/c1-13(24)21-11-14-3-4-15(27-14)16(25)23-8-6-22(7-9-23)5-2-10-26-12-17(18,19)20/h3-4H,2,5-12H2,1H3,(H,21,24). The molecule has 0 saturated carbocycles. The molecular weight excluding hydrogens is 383 g/mol. The minimum atomic E-state index is -4.28. The Hall–Kier alpha value is -1.65. The first-order valence-corrected chi connectivity index (χ1v) is 9.55. The topological polar surface area (TPSA) is 61.9 Å². The van der Waals surface area contributed by atoms with E-state index in [0.29, 0.717) is 50.6 Å². The molecular formula is C17H24F3N3O3S. The Morgan fingerprint density at radius 2 is 1.93 bits per heavy atom. The lowest BCUT2D eigenvalue weighted by Crippen LogP contribution is -2.48. The number of piperazine rings is 1. The molecule has 0 atom stereocenters. The van der Waals surface area contributed by atoms with Crippen molar-refractivity contribution in [2.24, 2.45) is 0 Å². The molecule has 0 spiro atoms. The van der Waals surface area contributed by atoms with E-state index in [2.05, 4.69) is 15.0 Å². The summed E-state index contributed by atoms with van der Waals surface area (Å²) < 4.78 is 40.6. The van der Waals surface area contributed by atoms with Gasteiger partial charge in [0.15, 0.2) is 0 Å². The van der Waals surface area contributed by atoms with Crippen molar-refractivity contribution < 1.29 is 27.5 Å². The van der Waals surface area contributed by atoms with E-state index in [0.717, 1.165) is 4.88 Å². The minimum Gasteiger partial charge on any atom is -0.372 e. The van der Waals surface area contributed by atoms with E-state index < -0.39 is 12.8 Å². The van der Waals surface area contributed by atoms with Crippen molar-refractivity contribution in [1.29, 1.82) is 0 Å². The van der Waals surface area contributed by atoms with Gasteiger partial charge in [-0.1, -0.05) is 0 Å². The van der Waals surface area contributed by atoms with E-state index in [-0.39, 0.29) is 18.4 Å². The Kier molecular flexibility index (Phi) is 8.06. The molecule has 0 unspecified atom stereocenters. The molecule has 1 aromatic heterocycles. The minimum absolute atomic E-state index is 0.0257. The summed E-state index contributed by atoms with van der Waals surface area (Å²) >= 11 is 1.37. The molecule has 0 radical (unpaired) electrons. The maximum absolute atomic E-state index is 12.6. The third-order valence-corrected chi connectivity index (χ3v) is 5.15. The number of hydrogen-bond acceptors (Lipinski definition) is 5. The Bertz CT molecular complexity index is 628. The molecule has 152 valence electrons. The van der Waals surface area contributed by atoms with Crippen molar-refractivity contribution in [2.75, 3.05) is 45.9 Å². The second-order valence-corrected chi connectivity index (χ2v) is 7.50. The maximum atomic E-state index is 12.6. The molecule has 1 aliphatic rings. The van der Waals surface area contributed by atoms with Gasteiger partial charge >= 0.3 is 6.18 Å². The average molecular weight is 407 g/mol. The lowest BCUT2D eigenvalue weighted by Gasteiger charge is -2.34. The van der Waals surface area contributed by atoms with Crippen LogP contribution in [0.15, 0.2) is 12.1 Å². The smallest absolute Gasteiger partial charge is 0.372 e. The third-order valence-electron chi connectivity index (χ3n) is 4.07. The summed E-state index contributed by atoms with van der Waals surface area (Å²) in [5.41, 5.74) is 0. The molecule has 0 aliphatic carbocycles. The van der Waals surface area contributed by atoms with Crippen LogP contribution in [0.4, 0.5) is 13.2 Å². The zero-order valence-electron chi connectivity index (χ0n) is 15.2. The highest BCUT2D eigenvalue weighted by Gasteiger charge is 2.27. The molecule has 1 aliphatic heterocycles. The van der Waals surface area contributed by atoms with Gasteiger partial charge in [-0.2, -0.15) is 13.2 Å². The third kappa shape index (κ3) is 7.86. The highest BCUT2D eigenvalue weighted by atomic mass is 32.1. The summed E-state index contributed by atoms with van der Waals surface area (Å²) in [4.78, 5) is 29.0. The van der Waals surface area contributed by atoms with Crippen LogP contribution in [0.1, 0.15) is 27.9 Å². The van der Waals surface area contributed by atoms with Crippen LogP contribution in [0.3, 0.4) is 0 Å². The highest BCUT2D eigenvalue weighted by molar-refractivity contribution is 7.14. The van der Waals surface area contributed by atoms with Crippen LogP contribution in [0.25, 0.3) is 0 Å². The number of carbonyl (C=O) groups is 2. The predicted molar refractivity (Wildman–Crippen MR) is 95.7 cm³/mol. The number of nitrogens with zero attached hydrogens (tertiary/aromatic N) is 2. The van der Waals surface area contributed by atoms with Crippen molar-refractivity contribution in [1.82, 2.24) is 15.1 Å². The van der Waals surface area contributed by atoms with E-state index in [9.17, 15) is 22.8 Å². The molecule has 2 rings (SSSR count). The largest absolute Gasteiger partial charge is 0.411 e. The highest BCUT2D eigenvalue weighted by Crippen LogP contribution is 2.19. The summed E-state index contributed by atoms with van der Waals surface area (Å²) in [6.45, 7) is 3.93. The Morgan fingerprint density at radius 1 is 1.22 bits per heavy atom. The van der Waals surface area contributed by atoms with Crippen molar-refractivity contribution in [3.63, 3.8) is 0 Å². The molecule has 1 aromatic rings. The van der Waals surface area contributed by atoms with Gasteiger partial charge in [-0.05, 0) is 18.6 Å². The van der Waals surface area contributed by atoms with Gasteiger partial charge in [0.1, 0.15) is 6.61 Å². The van der Waals surface area contributed by atoms with Crippen molar-refractivity contribution in [2.45, 2.75) is 26.1 Å². The molecule has 1 fully saturated rings. The van der Waals surface area contributed by atoms with E-state index >= 15 is 0 Å². The molecule has 6 nitrogen and oxygen atoms in total. The molecule has 1 saturated heterocycles. The monoisotopic (exact) mass is 407 g/mol. The number of hydrogen-bond donors (Lipinski definition) is 1. The first-order valence-electron chi connectivity index (χ1n) is 8.74. The Labute approximate surface area is 160 Å². The molecule has 2 heterocycles. The quantitative estimate of drug-likeness (QED) is 0.671. The van der Waals surface area contributed by atoms with E-state index in [1.807, 2.05) is 6.07 Å². The van der Waals surface area contributed by atoms with Gasteiger partial charge in [-0.3, -0.25) is 14.5 Å². The lowest BCUT2D eigenvalue weighted by molar-refractivity contribution is -0.174. The Morgan fingerprint density at radius 3 is 2.56 bits per heavy atom. The van der Waals surface area contributed by atoms with Crippen LogP contribution in [0.5, 0.6) is 0 Å². The number of carbonyl (C=O) groups excluding carboxylic acids is 2. The number of amides is 2. The zero-order chi connectivity index (χ0) is 19.9. The number of rotatable bonds is 8. The Balaban J connectivity index is 1.67. The molecule has 2 amide bonds. The first kappa shape index (κ1) is 21.6. The summed E-state index contributed by atoms with van der Waals surface area (Å²) in [5.74, 6) is -0.140. The van der Waals surface area contributed by atoms with Crippen LogP contribution in [-0.4, -0.2) is 73.7 Å². The van der Waals surface area contributed by atoms with Gasteiger partial charge in [0.05, 0.1) is 11.4 Å². The molecule has 0 bridgehead atoms. The second-order valence-electron chi connectivity index (χ2n) is 6.33. The van der Waals surface area contributed by atoms with Crippen LogP contribution < -0.4 is 5.32 Å². The van der Waals surface area contributed by atoms with Gasteiger partial charge in [-0.15, -0.1) is 11.3 Å². The number of halogens is 3. The molecule has 10 heteroatoms. The van der Waals surface area contributed by atoms with Crippen LogP contribution >= 0.6 is 11.3 Å². The summed E-state index contributed by atoms with van der Waals surface area (Å²) in [6.07, 6.45) is -3.75. The number of nitrogens with one attached hydrogen (secondary N) is 1. The number of alkyl halides is 3. The van der Waals surface area contributed by atoms with Crippen LogP contribution in [0.2, 0.25) is 0 Å². The van der Waals surface area contributed by atoms with E-state index in [4.69, 9.17) is 0 Å². The van der Waals surface area contributed by atoms with Crippen LogP contribution in [-0.2, 0) is 16.1 Å². The summed E-state index contributed by atoms with van der Waals surface area (Å²) in [6, 6.07) is 3.61. The fourth-order valence-corrected chi connectivity index (χ4v) is 3.62. The molecule has 27 heavy (non-hydrogen) atoms. The van der Waals surface area contributed by atoms with Crippen molar-refractivity contribution in [3.05, 3.63) is 21.9 Å². The van der Waals surface area contributed by atoms with E-state index in [1.54, 1.807) is 11.0 Å². The molecule has 1 N–H and O–H groups in total. The second kappa shape index (κ2) is 10.0. The number of thiophene rings is 1. The molecule has 0 aromatic carbocycles. The van der Waals surface area contributed by atoms with E-state index in [1.165, 1.54) is 18.3 Å². The van der Waals surface area contributed by atoms with Gasteiger partial charge in [0.25, 0.3) is 5.91 Å². The normalized spacial score (nSPS) is 15.8. The maximum Gasteiger partial charge on any atom is 0.411 e. The number of ether oxygens (including phenoxy) is 1. The predicted octanol–water partition coefficient (Wildman–Crippen LogP) is 2.11. The van der Waals surface area contributed by atoms with Crippen molar-refractivity contribution in [3.8, 4) is 0 Å². The summed E-state index contributed by atoms with van der Waals surface area (Å²) in [7, 11) is 0. The lowest BCUT2D eigenvalue weighted by atomic mass is 10.2. The van der Waals surface area contributed by atoms with Gasteiger partial charge < -0.3 is 15.0 Å². The average Bonchev–Trinajstić information content (AvgIpc) is 3.07. The fourth-order valence-electron chi connectivity index (χ4n) is 2.71. The van der Waals surface area contributed by atoms with Crippen LogP contribution in [0, 0.1) is 0 Å². The SMILES string of the molecule is CC(=O)NCc1ccc(C(=O)N2CCN(CCCOCC(F)(F)F)CC2)s1. The van der Waals surface area contributed by atoms with Gasteiger partial charge in [0, 0.05) is 51.1 Å². The van der Waals surface area contributed by atoms with Gasteiger partial charge in [-0.25, -0.2) is 0 Å². The first-order chi connectivity index (χ1) is 12.7. The summed E-state index contributed by atoms with van der Waals surface area (Å²) in [5, 5.41) is 2.70. The van der Waals surface area contributed by atoms with Crippen molar-refractivity contribution >= 4 is 23.2 Å². The van der Waals surface area contributed by atoms with Gasteiger partial charge in [0.2, 0.25) is 5.91 Å². The fraction of sp³-hybridized carbons (Fsp3) is 0.647.